The predicted molar refractivity (Wildman–Crippen MR) is 130 cm³/mol. The maximum Gasteiger partial charge on any atom is 0.139 e. The molecule has 1 aliphatic heterocycles. The summed E-state index contributed by atoms with van der Waals surface area (Å²) in [6.45, 7) is 8.68. The van der Waals surface area contributed by atoms with Gasteiger partial charge in [0.2, 0.25) is 0 Å². The average Bonchev–Trinajstić information content (AvgIpc) is 2.72. The van der Waals surface area contributed by atoms with Gasteiger partial charge in [-0.2, -0.15) is 0 Å². The van der Waals surface area contributed by atoms with Crippen molar-refractivity contribution >= 4 is 17.3 Å². The fourth-order valence-corrected chi connectivity index (χ4v) is 7.16. The van der Waals surface area contributed by atoms with Gasteiger partial charge in [-0.3, -0.25) is 9.59 Å². The number of nitrogens with zero attached hydrogens (tertiary/aromatic N) is 1. The molecule has 4 unspecified atom stereocenters. The van der Waals surface area contributed by atoms with Crippen LogP contribution in [0.4, 0.5) is 5.69 Å². The number of benzene rings is 2. The van der Waals surface area contributed by atoms with E-state index in [1.54, 1.807) is 6.07 Å². The molecule has 1 heterocycles. The molecule has 4 nitrogen and oxygen atoms in total. The lowest BCUT2D eigenvalue weighted by Gasteiger charge is -2.60. The molecule has 174 valence electrons. The minimum absolute atomic E-state index is 0.0530. The number of carbonyl (C=O) groups is 2. The quantitative estimate of drug-likeness (QED) is 0.640. The van der Waals surface area contributed by atoms with Gasteiger partial charge in [0.05, 0.1) is 5.69 Å². The van der Waals surface area contributed by atoms with Crippen molar-refractivity contribution < 1.29 is 14.7 Å². The van der Waals surface area contributed by atoms with Crippen LogP contribution in [0.15, 0.2) is 54.6 Å². The molecule has 2 saturated carbocycles. The number of Topliss-reactive ketones (excluding diaryl/α,β-unsaturated/α-hetero) is 2. The highest BCUT2D eigenvalue weighted by Crippen LogP contribution is 2.57. The molecule has 1 saturated heterocycles. The summed E-state index contributed by atoms with van der Waals surface area (Å²) in [7, 11) is 0. The Morgan fingerprint density at radius 1 is 0.727 bits per heavy atom. The summed E-state index contributed by atoms with van der Waals surface area (Å²) in [5.41, 5.74) is 1.61. The highest BCUT2D eigenvalue weighted by molar-refractivity contribution is 5.91. The van der Waals surface area contributed by atoms with E-state index >= 15 is 0 Å². The number of phenolic OH excluding ortho intramolecular Hbond substituents is 1. The summed E-state index contributed by atoms with van der Waals surface area (Å²) >= 11 is 0. The third-order valence-electron chi connectivity index (χ3n) is 8.23. The summed E-state index contributed by atoms with van der Waals surface area (Å²) in [6.07, 6.45) is 2.78. The maximum atomic E-state index is 13.8. The van der Waals surface area contributed by atoms with Crippen molar-refractivity contribution in [2.75, 3.05) is 4.90 Å². The fraction of sp³-hybridized carbons (Fsp3) is 0.517. The van der Waals surface area contributed by atoms with Crippen molar-refractivity contribution in [1.82, 2.24) is 0 Å². The number of hydrogen-bond donors (Lipinski definition) is 1. The molecule has 0 amide bonds. The molecule has 2 aliphatic carbocycles. The van der Waals surface area contributed by atoms with Crippen LogP contribution in [0.1, 0.15) is 64.9 Å². The Hall–Kier alpha value is -2.62. The van der Waals surface area contributed by atoms with Gasteiger partial charge in [0.15, 0.2) is 0 Å². The van der Waals surface area contributed by atoms with Gasteiger partial charge in [-0.15, -0.1) is 0 Å². The zero-order valence-corrected chi connectivity index (χ0v) is 20.1. The third-order valence-corrected chi connectivity index (χ3v) is 8.23. The number of aromatic hydroxyl groups is 1. The number of piperidine rings is 1. The normalized spacial score (nSPS) is 32.7. The van der Waals surface area contributed by atoms with E-state index in [1.165, 1.54) is 0 Å². The second-order valence-electron chi connectivity index (χ2n) is 12.0. The first kappa shape index (κ1) is 22.2. The Labute approximate surface area is 197 Å². The van der Waals surface area contributed by atoms with Crippen LogP contribution in [-0.4, -0.2) is 28.8 Å². The molecule has 2 aromatic carbocycles. The molecule has 0 radical (unpaired) electrons. The molecule has 4 atom stereocenters. The van der Waals surface area contributed by atoms with Crippen molar-refractivity contribution in [1.29, 1.82) is 0 Å². The van der Waals surface area contributed by atoms with Gasteiger partial charge in [-0.05, 0) is 41.4 Å². The van der Waals surface area contributed by atoms with Gasteiger partial charge in [0, 0.05) is 42.7 Å². The lowest BCUT2D eigenvalue weighted by atomic mass is 9.53. The average molecular weight is 446 g/mol. The minimum atomic E-state index is -0.258. The van der Waals surface area contributed by atoms with Crippen LogP contribution < -0.4 is 4.90 Å². The minimum Gasteiger partial charge on any atom is -0.506 e. The van der Waals surface area contributed by atoms with E-state index in [0.717, 1.165) is 24.1 Å². The van der Waals surface area contributed by atoms with Gasteiger partial charge >= 0.3 is 0 Å². The Morgan fingerprint density at radius 3 is 1.73 bits per heavy atom. The van der Waals surface area contributed by atoms with Gasteiger partial charge in [-0.1, -0.05) is 70.2 Å². The molecule has 0 aromatic heterocycles. The van der Waals surface area contributed by atoms with Crippen LogP contribution in [-0.2, 0) is 9.59 Å². The number of phenols is 1. The second kappa shape index (κ2) is 7.72. The van der Waals surface area contributed by atoms with Crippen molar-refractivity contribution in [3.8, 4) is 5.75 Å². The molecule has 2 aromatic rings. The van der Waals surface area contributed by atoms with E-state index in [0.29, 0.717) is 12.8 Å². The summed E-state index contributed by atoms with van der Waals surface area (Å²) in [6, 6.07) is 17.5. The van der Waals surface area contributed by atoms with Gasteiger partial charge in [0.1, 0.15) is 17.3 Å². The zero-order valence-electron chi connectivity index (χ0n) is 20.1. The SMILES string of the molecule is CC1(C)CC(=O)C2C(c3ccccc3)C3C(=O)CC(C)(C)CC3N(c3ccccc3O)C2C1. The zero-order chi connectivity index (χ0) is 23.5. The lowest BCUT2D eigenvalue weighted by molar-refractivity contribution is -0.138. The monoisotopic (exact) mass is 445 g/mol. The Kier molecular flexibility index (Phi) is 5.19. The van der Waals surface area contributed by atoms with Gasteiger partial charge in [0.25, 0.3) is 0 Å². The van der Waals surface area contributed by atoms with E-state index in [2.05, 4.69) is 44.7 Å². The van der Waals surface area contributed by atoms with Gasteiger partial charge < -0.3 is 10.0 Å². The number of hydrogen-bond acceptors (Lipinski definition) is 4. The Bertz CT molecular complexity index is 1030. The Morgan fingerprint density at radius 2 is 1.21 bits per heavy atom. The van der Waals surface area contributed by atoms with Crippen molar-refractivity contribution in [2.45, 2.75) is 71.4 Å². The number of fused-ring (bicyclic) bond motifs is 2. The van der Waals surface area contributed by atoms with Crippen LogP contribution in [0, 0.1) is 22.7 Å². The van der Waals surface area contributed by atoms with Gasteiger partial charge in [-0.25, -0.2) is 0 Å². The molecule has 1 N–H and O–H groups in total. The first-order valence-electron chi connectivity index (χ1n) is 12.2. The molecule has 3 aliphatic rings. The van der Waals surface area contributed by atoms with E-state index in [4.69, 9.17) is 0 Å². The number of anilines is 1. The van der Waals surface area contributed by atoms with Crippen LogP contribution in [0.3, 0.4) is 0 Å². The second-order valence-corrected chi connectivity index (χ2v) is 12.0. The highest BCUT2D eigenvalue weighted by atomic mass is 16.3. The van der Waals surface area contributed by atoms with Crippen molar-refractivity contribution in [3.05, 3.63) is 60.2 Å². The predicted octanol–water partition coefficient (Wildman–Crippen LogP) is 5.74. The molecule has 5 rings (SSSR count). The Balaban J connectivity index is 1.74. The number of carbonyl (C=O) groups excluding carboxylic acids is 2. The van der Waals surface area contributed by atoms with E-state index in [1.807, 2.05) is 36.4 Å². The first-order valence-corrected chi connectivity index (χ1v) is 12.2. The largest absolute Gasteiger partial charge is 0.506 e. The first-order chi connectivity index (χ1) is 15.6. The molecule has 4 heteroatoms. The standard InChI is InChI=1S/C29H35NO3/c1-28(2)14-20-26(23(32)16-28)25(18-10-6-5-7-11-18)27-21(15-29(3,4)17-24(27)33)30(20)19-12-8-9-13-22(19)31/h5-13,20-21,25-27,31H,14-17H2,1-4H3. The van der Waals surface area contributed by atoms with Crippen LogP contribution >= 0.6 is 0 Å². The van der Waals surface area contributed by atoms with Crippen LogP contribution in [0.2, 0.25) is 0 Å². The highest BCUT2D eigenvalue weighted by Gasteiger charge is 2.60. The molecular formula is C29H35NO3. The summed E-state index contributed by atoms with van der Waals surface area (Å²) in [5.74, 6) is 0.0939. The molecule has 0 bridgehead atoms. The topological polar surface area (TPSA) is 57.6 Å². The molecule has 3 fully saturated rings. The van der Waals surface area contributed by atoms with E-state index in [-0.39, 0.29) is 58.0 Å². The lowest BCUT2D eigenvalue weighted by Crippen LogP contribution is -2.66. The van der Waals surface area contributed by atoms with E-state index < -0.39 is 0 Å². The van der Waals surface area contributed by atoms with Crippen molar-refractivity contribution in [2.24, 2.45) is 22.7 Å². The summed E-state index contributed by atoms with van der Waals surface area (Å²) in [4.78, 5) is 29.9. The van der Waals surface area contributed by atoms with Crippen molar-refractivity contribution in [3.63, 3.8) is 0 Å². The van der Waals surface area contributed by atoms with Crippen LogP contribution in [0.5, 0.6) is 5.75 Å². The number of rotatable bonds is 2. The third kappa shape index (κ3) is 3.78. The molecular weight excluding hydrogens is 410 g/mol. The molecule has 0 spiro atoms. The number of ketones is 2. The van der Waals surface area contributed by atoms with Crippen LogP contribution in [0.25, 0.3) is 0 Å². The smallest absolute Gasteiger partial charge is 0.139 e. The van der Waals surface area contributed by atoms with E-state index in [9.17, 15) is 14.7 Å². The number of para-hydroxylation sites is 2. The maximum absolute atomic E-state index is 13.8. The summed E-state index contributed by atoms with van der Waals surface area (Å²) < 4.78 is 0. The molecule has 33 heavy (non-hydrogen) atoms. The fourth-order valence-electron chi connectivity index (χ4n) is 7.16. The summed E-state index contributed by atoms with van der Waals surface area (Å²) in [5, 5.41) is 10.9.